The summed E-state index contributed by atoms with van der Waals surface area (Å²) in [5.41, 5.74) is 0.370. The lowest BCUT2D eigenvalue weighted by Crippen LogP contribution is -2.55. The van der Waals surface area contributed by atoms with Crippen LogP contribution in [0.5, 0.6) is 0 Å². The van der Waals surface area contributed by atoms with Gasteiger partial charge in [-0.3, -0.25) is 4.90 Å². The lowest BCUT2D eigenvalue weighted by molar-refractivity contribution is -0.00488. The highest BCUT2D eigenvalue weighted by Gasteiger charge is 2.37. The van der Waals surface area contributed by atoms with E-state index >= 15 is 0 Å². The van der Waals surface area contributed by atoms with Crippen LogP contribution < -0.4 is 0 Å². The first-order valence-corrected chi connectivity index (χ1v) is 7.37. The van der Waals surface area contributed by atoms with Crippen LogP contribution in [0, 0.1) is 11.8 Å². The summed E-state index contributed by atoms with van der Waals surface area (Å²) in [6.07, 6.45) is 2.85. The van der Waals surface area contributed by atoms with E-state index in [1.165, 1.54) is 39.0 Å². The molecule has 0 unspecified atom stereocenters. The van der Waals surface area contributed by atoms with Crippen LogP contribution >= 0.6 is 0 Å². The summed E-state index contributed by atoms with van der Waals surface area (Å²) in [7, 11) is 0. The van der Waals surface area contributed by atoms with Crippen LogP contribution in [0.1, 0.15) is 47.5 Å². The van der Waals surface area contributed by atoms with Crippen molar-refractivity contribution in [2.24, 2.45) is 11.8 Å². The third-order valence-electron chi connectivity index (χ3n) is 4.82. The van der Waals surface area contributed by atoms with Crippen LogP contribution in [0.4, 0.5) is 0 Å². The van der Waals surface area contributed by atoms with Gasteiger partial charge >= 0.3 is 0 Å². The van der Waals surface area contributed by atoms with Crippen molar-refractivity contribution in [1.29, 1.82) is 0 Å². The highest BCUT2D eigenvalue weighted by Crippen LogP contribution is 2.34. The van der Waals surface area contributed by atoms with Crippen LogP contribution in [0.15, 0.2) is 0 Å². The molecule has 0 spiro atoms. The van der Waals surface area contributed by atoms with E-state index in [9.17, 15) is 0 Å². The fraction of sp³-hybridized carbons (Fsp3) is 1.00. The van der Waals surface area contributed by atoms with Gasteiger partial charge in [-0.15, -0.1) is 0 Å². The van der Waals surface area contributed by atoms with Crippen LogP contribution in [0.2, 0.25) is 0 Å². The highest BCUT2D eigenvalue weighted by molar-refractivity contribution is 4.91. The maximum atomic E-state index is 2.66. The summed E-state index contributed by atoms with van der Waals surface area (Å²) in [5.74, 6) is 2.00. The van der Waals surface area contributed by atoms with Crippen molar-refractivity contribution in [2.45, 2.75) is 59.0 Å². The molecule has 2 nitrogen and oxygen atoms in total. The maximum absolute atomic E-state index is 2.66. The zero-order chi connectivity index (χ0) is 12.6. The van der Waals surface area contributed by atoms with Crippen molar-refractivity contribution in [2.75, 3.05) is 26.2 Å². The van der Waals surface area contributed by atoms with E-state index in [4.69, 9.17) is 0 Å². The molecule has 2 saturated heterocycles. The Morgan fingerprint density at radius 1 is 0.941 bits per heavy atom. The second kappa shape index (κ2) is 4.89. The minimum Gasteiger partial charge on any atom is -0.300 e. The topological polar surface area (TPSA) is 6.48 Å². The predicted octanol–water partition coefficient (Wildman–Crippen LogP) is 2.84. The minimum absolute atomic E-state index is 0.370. The summed E-state index contributed by atoms with van der Waals surface area (Å²) >= 11 is 0. The van der Waals surface area contributed by atoms with Gasteiger partial charge in [0.05, 0.1) is 0 Å². The Kier molecular flexibility index (Phi) is 3.84. The van der Waals surface area contributed by atoms with Gasteiger partial charge in [0.2, 0.25) is 0 Å². The molecule has 0 radical (unpaired) electrons. The van der Waals surface area contributed by atoms with E-state index in [2.05, 4.69) is 44.4 Å². The Bertz CT molecular complexity index is 240. The molecular weight excluding hydrogens is 208 g/mol. The molecule has 0 amide bonds. The van der Waals surface area contributed by atoms with E-state index in [0.29, 0.717) is 5.54 Å². The molecule has 17 heavy (non-hydrogen) atoms. The van der Waals surface area contributed by atoms with Crippen molar-refractivity contribution < 1.29 is 0 Å². The highest BCUT2D eigenvalue weighted by atomic mass is 15.2. The maximum Gasteiger partial charge on any atom is 0.0125 e. The molecule has 0 bridgehead atoms. The zero-order valence-corrected chi connectivity index (χ0v) is 12.4. The van der Waals surface area contributed by atoms with Crippen LogP contribution in [0.3, 0.4) is 0 Å². The minimum atomic E-state index is 0.370. The molecule has 2 aliphatic heterocycles. The van der Waals surface area contributed by atoms with E-state index in [1.807, 2.05) is 0 Å². The Morgan fingerprint density at radius 2 is 1.47 bits per heavy atom. The molecule has 2 heterocycles. The Hall–Kier alpha value is -0.0800. The largest absolute Gasteiger partial charge is 0.300 e. The molecule has 0 atom stereocenters. The fourth-order valence-electron chi connectivity index (χ4n) is 3.31. The summed E-state index contributed by atoms with van der Waals surface area (Å²) < 4.78 is 0. The number of piperidine rings is 1. The molecule has 0 aromatic carbocycles. The molecule has 2 rings (SSSR count). The molecule has 2 aliphatic rings. The van der Waals surface area contributed by atoms with E-state index in [-0.39, 0.29) is 0 Å². The number of hydrogen-bond donors (Lipinski definition) is 0. The molecule has 2 fully saturated rings. The summed E-state index contributed by atoms with van der Waals surface area (Å²) in [6.45, 7) is 17.0. The standard InChI is InChI=1S/C15H30N2/c1-12(2)16-10-14(11-16)13-6-8-17(9-7-13)15(3,4)5/h12-14H,6-11H2,1-5H3. The van der Waals surface area contributed by atoms with Gasteiger partial charge in [0.1, 0.15) is 0 Å². The molecule has 0 N–H and O–H groups in total. The summed E-state index contributed by atoms with van der Waals surface area (Å²) in [5, 5.41) is 0. The first kappa shape index (κ1) is 13.4. The average molecular weight is 238 g/mol. The lowest BCUT2D eigenvalue weighted by Gasteiger charge is -2.49. The molecule has 0 aliphatic carbocycles. The van der Waals surface area contributed by atoms with Gasteiger partial charge < -0.3 is 4.90 Å². The Balaban J connectivity index is 1.74. The van der Waals surface area contributed by atoms with E-state index in [0.717, 1.165) is 17.9 Å². The van der Waals surface area contributed by atoms with E-state index < -0.39 is 0 Å². The van der Waals surface area contributed by atoms with Gasteiger partial charge in [-0.25, -0.2) is 0 Å². The quantitative estimate of drug-likeness (QED) is 0.730. The Morgan fingerprint density at radius 3 is 1.88 bits per heavy atom. The normalized spacial score (nSPS) is 26.5. The van der Waals surface area contributed by atoms with Gasteiger partial charge in [-0.1, -0.05) is 0 Å². The number of hydrogen-bond acceptors (Lipinski definition) is 2. The van der Waals surface area contributed by atoms with Crippen LogP contribution in [-0.4, -0.2) is 47.6 Å². The van der Waals surface area contributed by atoms with Crippen molar-refractivity contribution in [1.82, 2.24) is 9.80 Å². The van der Waals surface area contributed by atoms with Gasteiger partial charge in [0.15, 0.2) is 0 Å². The third-order valence-corrected chi connectivity index (χ3v) is 4.82. The summed E-state index contributed by atoms with van der Waals surface area (Å²) in [6, 6.07) is 0.751. The number of rotatable bonds is 2. The second-order valence-electron chi connectivity index (χ2n) is 7.30. The van der Waals surface area contributed by atoms with E-state index in [1.54, 1.807) is 0 Å². The zero-order valence-electron chi connectivity index (χ0n) is 12.4. The van der Waals surface area contributed by atoms with Crippen molar-refractivity contribution in [3.05, 3.63) is 0 Å². The van der Waals surface area contributed by atoms with Crippen molar-refractivity contribution in [3.8, 4) is 0 Å². The van der Waals surface area contributed by atoms with Crippen molar-refractivity contribution in [3.63, 3.8) is 0 Å². The Labute approximate surface area is 107 Å². The summed E-state index contributed by atoms with van der Waals surface area (Å²) in [4.78, 5) is 5.27. The number of likely N-dealkylation sites (tertiary alicyclic amines) is 2. The third kappa shape index (κ3) is 3.03. The predicted molar refractivity (Wildman–Crippen MR) is 74.2 cm³/mol. The van der Waals surface area contributed by atoms with Gasteiger partial charge in [0.25, 0.3) is 0 Å². The molecule has 100 valence electrons. The molecule has 0 aromatic heterocycles. The van der Waals surface area contributed by atoms with Gasteiger partial charge in [-0.05, 0) is 72.4 Å². The molecular formula is C15H30N2. The van der Waals surface area contributed by atoms with Crippen LogP contribution in [0.25, 0.3) is 0 Å². The SMILES string of the molecule is CC(C)N1CC(C2CCN(C(C)(C)C)CC2)C1. The second-order valence-corrected chi connectivity index (χ2v) is 7.30. The average Bonchev–Trinajstić information content (AvgIpc) is 2.14. The molecule has 0 saturated carbocycles. The monoisotopic (exact) mass is 238 g/mol. The fourth-order valence-corrected chi connectivity index (χ4v) is 3.31. The molecule has 2 heteroatoms. The van der Waals surface area contributed by atoms with Gasteiger partial charge in [0, 0.05) is 24.7 Å². The molecule has 0 aromatic rings. The van der Waals surface area contributed by atoms with Crippen LogP contribution in [-0.2, 0) is 0 Å². The first-order chi connectivity index (χ1) is 7.88. The smallest absolute Gasteiger partial charge is 0.0125 e. The van der Waals surface area contributed by atoms with Crippen molar-refractivity contribution >= 4 is 0 Å². The lowest BCUT2D eigenvalue weighted by atomic mass is 9.78. The van der Waals surface area contributed by atoms with Gasteiger partial charge in [-0.2, -0.15) is 0 Å². The first-order valence-electron chi connectivity index (χ1n) is 7.37. The number of nitrogens with zero attached hydrogens (tertiary/aromatic N) is 2.